The van der Waals surface area contributed by atoms with Gasteiger partial charge in [0.2, 0.25) is 0 Å². The van der Waals surface area contributed by atoms with Crippen molar-refractivity contribution in [1.82, 2.24) is 20.3 Å². The van der Waals surface area contributed by atoms with Crippen molar-refractivity contribution in [1.29, 1.82) is 0 Å². The third-order valence-corrected chi connectivity index (χ3v) is 3.73. The molecule has 102 valence electrons. The smallest absolute Gasteiger partial charge is 0.155 e. The van der Waals surface area contributed by atoms with Crippen LogP contribution >= 0.6 is 0 Å². The molecule has 0 unspecified atom stereocenters. The summed E-state index contributed by atoms with van der Waals surface area (Å²) in [5, 5.41) is 12.6. The molecule has 0 saturated carbocycles. The predicted molar refractivity (Wildman–Crippen MR) is 74.2 cm³/mol. The van der Waals surface area contributed by atoms with Crippen LogP contribution < -0.4 is 10.2 Å². The second kappa shape index (κ2) is 4.79. The van der Waals surface area contributed by atoms with E-state index >= 15 is 0 Å². The Bertz CT molecular complexity index is 579. The summed E-state index contributed by atoms with van der Waals surface area (Å²) in [5.41, 5.74) is 3.10. The zero-order valence-corrected chi connectivity index (χ0v) is 11.2. The molecule has 6 nitrogen and oxygen atoms in total. The number of anilines is 1. The van der Waals surface area contributed by atoms with Crippen molar-refractivity contribution >= 4 is 16.9 Å². The van der Waals surface area contributed by atoms with Crippen LogP contribution in [0.25, 0.3) is 11.0 Å². The zero-order valence-electron chi connectivity index (χ0n) is 11.2. The quantitative estimate of drug-likeness (QED) is 0.762. The molecule has 19 heavy (non-hydrogen) atoms. The van der Waals surface area contributed by atoms with E-state index in [-0.39, 0.29) is 18.7 Å². The number of H-pyrrole nitrogens is 1. The number of hydrogen-bond acceptors (Lipinski definition) is 5. The van der Waals surface area contributed by atoms with Crippen LogP contribution in [0.5, 0.6) is 0 Å². The first kappa shape index (κ1) is 12.4. The second-order valence-electron chi connectivity index (χ2n) is 5.24. The Morgan fingerprint density at radius 2 is 2.21 bits per heavy atom. The van der Waals surface area contributed by atoms with E-state index in [0.29, 0.717) is 0 Å². The normalized spacial score (nSPS) is 23.1. The van der Waals surface area contributed by atoms with Crippen LogP contribution in [0.1, 0.15) is 24.4 Å². The second-order valence-corrected chi connectivity index (χ2v) is 5.24. The van der Waals surface area contributed by atoms with E-state index in [2.05, 4.69) is 20.3 Å². The molecule has 1 aliphatic rings. The van der Waals surface area contributed by atoms with Crippen molar-refractivity contribution in [3.8, 4) is 0 Å². The van der Waals surface area contributed by atoms with E-state index < -0.39 is 0 Å². The molecule has 1 saturated heterocycles. The van der Waals surface area contributed by atoms with Crippen molar-refractivity contribution in [2.45, 2.75) is 24.9 Å². The van der Waals surface area contributed by atoms with Crippen LogP contribution in [0, 0.1) is 0 Å². The third kappa shape index (κ3) is 2.06. The minimum Gasteiger partial charge on any atom is -0.395 e. The summed E-state index contributed by atoms with van der Waals surface area (Å²) in [7, 11) is 3.94. The lowest BCUT2D eigenvalue weighted by atomic mass is 10.1. The standard InChI is InChI=1S/C13H19N5O/c1-18(2)13-12-11(15-7-16-13)9(5-14-12)10-4-3-8(6-19)17-10/h5,7-8,10,14,17,19H,3-4,6H2,1-2H3/t8-,10+/m0/s1. The molecule has 3 rings (SSSR count). The Morgan fingerprint density at radius 1 is 1.37 bits per heavy atom. The molecule has 0 aromatic carbocycles. The lowest BCUT2D eigenvalue weighted by Crippen LogP contribution is -2.27. The maximum atomic E-state index is 9.21. The maximum absolute atomic E-state index is 9.21. The van der Waals surface area contributed by atoms with Gasteiger partial charge in [0, 0.05) is 37.9 Å². The highest BCUT2D eigenvalue weighted by molar-refractivity contribution is 5.88. The highest BCUT2D eigenvalue weighted by Crippen LogP contribution is 2.32. The van der Waals surface area contributed by atoms with Crippen LogP contribution in [0.15, 0.2) is 12.5 Å². The monoisotopic (exact) mass is 261 g/mol. The van der Waals surface area contributed by atoms with Gasteiger partial charge in [0.15, 0.2) is 5.82 Å². The van der Waals surface area contributed by atoms with Crippen LogP contribution in [-0.2, 0) is 0 Å². The summed E-state index contributed by atoms with van der Waals surface area (Å²) < 4.78 is 0. The van der Waals surface area contributed by atoms with Gasteiger partial charge in [0.1, 0.15) is 11.8 Å². The van der Waals surface area contributed by atoms with Crippen molar-refractivity contribution < 1.29 is 5.11 Å². The Labute approximate surface area is 111 Å². The highest BCUT2D eigenvalue weighted by atomic mass is 16.3. The molecule has 0 aliphatic carbocycles. The minimum atomic E-state index is 0.191. The number of nitrogens with one attached hydrogen (secondary N) is 2. The number of fused-ring (bicyclic) bond motifs is 1. The summed E-state index contributed by atoms with van der Waals surface area (Å²) in [5.74, 6) is 0.896. The number of aromatic amines is 1. The molecule has 2 aromatic heterocycles. The van der Waals surface area contributed by atoms with Crippen LogP contribution in [0.4, 0.5) is 5.82 Å². The molecule has 0 amide bonds. The molecule has 3 N–H and O–H groups in total. The highest BCUT2D eigenvalue weighted by Gasteiger charge is 2.27. The van der Waals surface area contributed by atoms with Crippen LogP contribution in [0.2, 0.25) is 0 Å². The molecular weight excluding hydrogens is 242 g/mol. The molecule has 1 aliphatic heterocycles. The fraction of sp³-hybridized carbons (Fsp3) is 0.538. The minimum absolute atomic E-state index is 0.191. The van der Waals surface area contributed by atoms with Crippen LogP contribution in [-0.4, -0.2) is 46.8 Å². The molecule has 2 atom stereocenters. The predicted octanol–water partition coefficient (Wildman–Crippen LogP) is 0.809. The SMILES string of the molecule is CN(C)c1ncnc2c([C@H]3CC[C@@H](CO)N3)c[nH]c12. The Kier molecular flexibility index (Phi) is 3.12. The molecule has 1 fully saturated rings. The summed E-state index contributed by atoms with van der Waals surface area (Å²) in [6, 6.07) is 0.459. The van der Waals surface area contributed by atoms with E-state index in [9.17, 15) is 5.11 Å². The number of aromatic nitrogens is 3. The molecule has 3 heterocycles. The van der Waals surface area contributed by atoms with Crippen molar-refractivity contribution in [3.63, 3.8) is 0 Å². The zero-order chi connectivity index (χ0) is 13.4. The number of rotatable bonds is 3. The maximum Gasteiger partial charge on any atom is 0.155 e. The first-order valence-corrected chi connectivity index (χ1v) is 6.57. The van der Waals surface area contributed by atoms with Gasteiger partial charge in [-0.25, -0.2) is 9.97 Å². The van der Waals surface area contributed by atoms with Gasteiger partial charge in [-0.15, -0.1) is 0 Å². The van der Waals surface area contributed by atoms with E-state index in [4.69, 9.17) is 0 Å². The van der Waals surface area contributed by atoms with Gasteiger partial charge in [0.05, 0.1) is 12.1 Å². The van der Waals surface area contributed by atoms with Gasteiger partial charge < -0.3 is 20.3 Å². The summed E-state index contributed by atoms with van der Waals surface area (Å²) in [6.07, 6.45) is 5.64. The van der Waals surface area contributed by atoms with E-state index in [1.165, 1.54) is 0 Å². The third-order valence-electron chi connectivity index (χ3n) is 3.73. The molecule has 0 bridgehead atoms. The Morgan fingerprint density at radius 3 is 2.89 bits per heavy atom. The number of aliphatic hydroxyl groups is 1. The summed E-state index contributed by atoms with van der Waals surface area (Å²) in [4.78, 5) is 14.0. The first-order chi connectivity index (χ1) is 9.20. The molecular formula is C13H19N5O. The van der Waals surface area contributed by atoms with Crippen molar-refractivity contribution in [3.05, 3.63) is 18.1 Å². The summed E-state index contributed by atoms with van der Waals surface area (Å²) >= 11 is 0. The Hall–Kier alpha value is -1.66. The van der Waals surface area contributed by atoms with Crippen molar-refractivity contribution in [2.75, 3.05) is 25.6 Å². The number of hydrogen-bond donors (Lipinski definition) is 3. The Balaban J connectivity index is 2.00. The molecule has 2 aromatic rings. The average Bonchev–Trinajstić information content (AvgIpc) is 3.03. The largest absolute Gasteiger partial charge is 0.395 e. The van der Waals surface area contributed by atoms with E-state index in [1.807, 2.05) is 25.2 Å². The number of nitrogens with zero attached hydrogens (tertiary/aromatic N) is 3. The van der Waals surface area contributed by atoms with E-state index in [1.54, 1.807) is 6.33 Å². The first-order valence-electron chi connectivity index (χ1n) is 6.57. The fourth-order valence-electron chi connectivity index (χ4n) is 2.76. The van der Waals surface area contributed by atoms with Gasteiger partial charge in [-0.1, -0.05) is 0 Å². The number of aliphatic hydroxyl groups excluding tert-OH is 1. The molecule has 0 spiro atoms. The lowest BCUT2D eigenvalue weighted by Gasteiger charge is -2.13. The molecule has 0 radical (unpaired) electrons. The topological polar surface area (TPSA) is 77.1 Å². The van der Waals surface area contributed by atoms with Gasteiger partial charge >= 0.3 is 0 Å². The van der Waals surface area contributed by atoms with Crippen molar-refractivity contribution in [2.24, 2.45) is 0 Å². The van der Waals surface area contributed by atoms with Gasteiger partial charge in [-0.3, -0.25) is 0 Å². The lowest BCUT2D eigenvalue weighted by molar-refractivity contribution is 0.252. The summed E-state index contributed by atoms with van der Waals surface area (Å²) in [6.45, 7) is 0.191. The molecule has 6 heteroatoms. The van der Waals surface area contributed by atoms with Gasteiger partial charge in [-0.05, 0) is 12.8 Å². The van der Waals surface area contributed by atoms with E-state index in [0.717, 1.165) is 35.3 Å². The average molecular weight is 261 g/mol. The van der Waals surface area contributed by atoms with Gasteiger partial charge in [-0.2, -0.15) is 0 Å². The van der Waals surface area contributed by atoms with Gasteiger partial charge in [0.25, 0.3) is 0 Å². The fourth-order valence-corrected chi connectivity index (χ4v) is 2.76. The van der Waals surface area contributed by atoms with Crippen LogP contribution in [0.3, 0.4) is 0 Å².